The Morgan fingerprint density at radius 2 is 2.10 bits per heavy atom. The summed E-state index contributed by atoms with van der Waals surface area (Å²) in [6, 6.07) is 2.74. The molecular formula is C11H14BrN5O3S. The first-order valence-corrected chi connectivity index (χ1v) is 8.41. The van der Waals surface area contributed by atoms with Crippen LogP contribution in [0.3, 0.4) is 0 Å². The van der Waals surface area contributed by atoms with Gasteiger partial charge in [-0.1, -0.05) is 12.1 Å². The molecule has 114 valence electrons. The molecule has 0 aliphatic heterocycles. The van der Waals surface area contributed by atoms with Crippen molar-refractivity contribution in [3.8, 4) is 0 Å². The van der Waals surface area contributed by atoms with E-state index in [-0.39, 0.29) is 15.2 Å². The molecule has 10 heteroatoms. The Morgan fingerprint density at radius 3 is 2.67 bits per heavy atom. The second-order valence-electron chi connectivity index (χ2n) is 4.36. The molecule has 2 aromatic heterocycles. The molecule has 2 heterocycles. The number of nitrogens with zero attached hydrogens (tertiary/aromatic N) is 4. The van der Waals surface area contributed by atoms with Crippen LogP contribution in [0.4, 0.5) is 5.69 Å². The van der Waals surface area contributed by atoms with Gasteiger partial charge in [0.2, 0.25) is 5.03 Å². The molecule has 0 saturated heterocycles. The summed E-state index contributed by atoms with van der Waals surface area (Å²) in [6.07, 6.45) is 2.24. The van der Waals surface area contributed by atoms with E-state index in [0.717, 1.165) is 11.1 Å². The summed E-state index contributed by atoms with van der Waals surface area (Å²) in [5, 5.41) is 7.18. The smallest absolute Gasteiger partial charge is 0.281 e. The largest absolute Gasteiger partial charge is 0.313 e. The Kier molecular flexibility index (Phi) is 4.47. The lowest BCUT2D eigenvalue weighted by atomic mass is 10.4. The van der Waals surface area contributed by atoms with Gasteiger partial charge in [-0.05, 0) is 28.4 Å². The highest BCUT2D eigenvalue weighted by atomic mass is 79.9. The molecule has 0 unspecified atom stereocenters. The number of pyridine rings is 1. The fraction of sp³-hybridized carbons (Fsp3) is 0.364. The van der Waals surface area contributed by atoms with E-state index in [4.69, 9.17) is 0 Å². The zero-order chi connectivity index (χ0) is 15.6. The number of rotatable bonds is 5. The number of hydrogen-bond acceptors (Lipinski definition) is 5. The van der Waals surface area contributed by atoms with E-state index in [1.54, 1.807) is 0 Å². The molecular weight excluding hydrogens is 362 g/mol. The normalized spacial score (nSPS) is 11.6. The van der Waals surface area contributed by atoms with Gasteiger partial charge in [-0.15, -0.1) is 5.10 Å². The number of nitrogens with one attached hydrogen (secondary N) is 1. The van der Waals surface area contributed by atoms with Crippen molar-refractivity contribution in [2.45, 2.75) is 24.9 Å². The number of aromatic nitrogens is 4. The molecule has 0 bridgehead atoms. The Morgan fingerprint density at radius 1 is 1.38 bits per heavy atom. The van der Waals surface area contributed by atoms with Gasteiger partial charge >= 0.3 is 0 Å². The van der Waals surface area contributed by atoms with Crippen LogP contribution in [0.15, 0.2) is 32.8 Å². The second kappa shape index (κ2) is 5.98. The first kappa shape index (κ1) is 15.7. The summed E-state index contributed by atoms with van der Waals surface area (Å²) in [6.45, 7) is 2.45. The van der Waals surface area contributed by atoms with E-state index < -0.39 is 10.0 Å². The molecule has 0 aromatic carbocycles. The minimum absolute atomic E-state index is 0.0873. The summed E-state index contributed by atoms with van der Waals surface area (Å²) in [5.41, 5.74) is 0.124. The van der Waals surface area contributed by atoms with Crippen molar-refractivity contribution >= 4 is 31.6 Å². The summed E-state index contributed by atoms with van der Waals surface area (Å²) in [5.74, 6) is 0. The number of anilines is 1. The molecule has 1 N–H and O–H groups in total. The average Bonchev–Trinajstić information content (AvgIpc) is 2.74. The minimum atomic E-state index is -3.85. The monoisotopic (exact) mass is 375 g/mol. The number of halogens is 1. The molecule has 0 aliphatic carbocycles. The van der Waals surface area contributed by atoms with Crippen molar-refractivity contribution in [2.75, 3.05) is 4.72 Å². The van der Waals surface area contributed by atoms with Gasteiger partial charge in [0.05, 0.1) is 5.69 Å². The van der Waals surface area contributed by atoms with Crippen LogP contribution in [0.25, 0.3) is 0 Å². The summed E-state index contributed by atoms with van der Waals surface area (Å²) >= 11 is 3.05. The Bertz CT molecular complexity index is 792. The minimum Gasteiger partial charge on any atom is -0.313 e. The molecule has 0 radical (unpaired) electrons. The molecule has 21 heavy (non-hydrogen) atoms. The topological polar surface area (TPSA) is 98.9 Å². The molecule has 0 atom stereocenters. The lowest BCUT2D eigenvalue weighted by molar-refractivity contribution is 0.578. The maximum Gasteiger partial charge on any atom is 0.281 e. The van der Waals surface area contributed by atoms with Crippen molar-refractivity contribution < 1.29 is 8.42 Å². The Hall–Kier alpha value is -1.68. The third-order valence-corrected chi connectivity index (χ3v) is 4.96. The highest BCUT2D eigenvalue weighted by molar-refractivity contribution is 9.10. The first-order chi connectivity index (χ1) is 9.85. The fourth-order valence-corrected chi connectivity index (χ4v) is 3.96. The van der Waals surface area contributed by atoms with Crippen LogP contribution in [0.2, 0.25) is 0 Å². The van der Waals surface area contributed by atoms with Gasteiger partial charge in [0.1, 0.15) is 0 Å². The van der Waals surface area contributed by atoms with Crippen LogP contribution in [-0.2, 0) is 23.6 Å². The van der Waals surface area contributed by atoms with E-state index in [1.165, 1.54) is 29.9 Å². The molecule has 8 nitrogen and oxygen atoms in total. The fourth-order valence-electron chi connectivity index (χ4n) is 1.82. The van der Waals surface area contributed by atoms with Gasteiger partial charge in [-0.2, -0.15) is 8.42 Å². The maximum atomic E-state index is 12.3. The van der Waals surface area contributed by atoms with E-state index in [1.807, 2.05) is 6.92 Å². The van der Waals surface area contributed by atoms with Crippen molar-refractivity contribution in [3.63, 3.8) is 0 Å². The van der Waals surface area contributed by atoms with Crippen molar-refractivity contribution in [3.05, 3.63) is 33.3 Å². The van der Waals surface area contributed by atoms with Crippen LogP contribution in [0.5, 0.6) is 0 Å². The lowest BCUT2D eigenvalue weighted by Crippen LogP contribution is -2.21. The van der Waals surface area contributed by atoms with Crippen LogP contribution in [-0.4, -0.2) is 28.0 Å². The lowest BCUT2D eigenvalue weighted by Gasteiger charge is -2.10. The van der Waals surface area contributed by atoms with Gasteiger partial charge < -0.3 is 4.57 Å². The zero-order valence-electron chi connectivity index (χ0n) is 11.4. The Balaban J connectivity index is 2.38. The summed E-state index contributed by atoms with van der Waals surface area (Å²) in [4.78, 5) is 11.6. The van der Waals surface area contributed by atoms with Gasteiger partial charge in [0.15, 0.2) is 4.60 Å². The second-order valence-corrected chi connectivity index (χ2v) is 6.71. The van der Waals surface area contributed by atoms with Crippen LogP contribution in [0, 0.1) is 0 Å². The van der Waals surface area contributed by atoms with E-state index in [9.17, 15) is 13.2 Å². The van der Waals surface area contributed by atoms with Crippen molar-refractivity contribution in [2.24, 2.45) is 7.05 Å². The highest BCUT2D eigenvalue weighted by Gasteiger charge is 2.24. The Labute approximate surface area is 130 Å². The molecule has 0 spiro atoms. The molecule has 2 aromatic rings. The summed E-state index contributed by atoms with van der Waals surface area (Å²) in [7, 11) is -2.37. The van der Waals surface area contributed by atoms with Crippen LogP contribution < -0.4 is 10.3 Å². The number of sulfonamides is 1. The third-order valence-electron chi connectivity index (χ3n) is 2.69. The van der Waals surface area contributed by atoms with E-state index >= 15 is 0 Å². The van der Waals surface area contributed by atoms with Gasteiger partial charge in [-0.3, -0.25) is 9.52 Å². The number of aryl methyl sites for hydroxylation is 2. The third kappa shape index (κ3) is 3.32. The molecule has 0 amide bonds. The number of hydrogen-bond donors (Lipinski definition) is 1. The average molecular weight is 376 g/mol. The van der Waals surface area contributed by atoms with Crippen molar-refractivity contribution in [1.82, 2.24) is 19.6 Å². The predicted octanol–water partition coefficient (Wildman–Crippen LogP) is 0.950. The van der Waals surface area contributed by atoms with Gasteiger partial charge in [0.25, 0.3) is 15.6 Å². The molecule has 2 rings (SSSR count). The summed E-state index contributed by atoms with van der Waals surface area (Å²) < 4.78 is 29.8. The van der Waals surface area contributed by atoms with Crippen molar-refractivity contribution in [1.29, 1.82) is 0 Å². The molecule has 0 saturated carbocycles. The van der Waals surface area contributed by atoms with Gasteiger partial charge in [-0.25, -0.2) is 4.68 Å². The molecule has 0 fully saturated rings. The van der Waals surface area contributed by atoms with Crippen LogP contribution >= 0.6 is 15.9 Å². The zero-order valence-corrected chi connectivity index (χ0v) is 13.8. The SMILES string of the molecule is CCCn1cc(NS(=O)(=O)c2c(Br)nnn2C)ccc1=O. The van der Waals surface area contributed by atoms with E-state index in [0.29, 0.717) is 12.2 Å². The standard InChI is InChI=1S/C11H14BrN5O3S/c1-3-6-17-7-8(4-5-9(17)18)14-21(19,20)11-10(12)13-15-16(11)2/h4-5,7,14H,3,6H2,1-2H3. The quantitative estimate of drug-likeness (QED) is 0.838. The predicted molar refractivity (Wildman–Crippen MR) is 80.5 cm³/mol. The maximum absolute atomic E-state index is 12.3. The first-order valence-electron chi connectivity index (χ1n) is 6.13. The molecule has 0 aliphatic rings. The van der Waals surface area contributed by atoms with Gasteiger partial charge in [0, 0.05) is 25.9 Å². The highest BCUT2D eigenvalue weighted by Crippen LogP contribution is 2.20. The van der Waals surface area contributed by atoms with E-state index in [2.05, 4.69) is 31.0 Å². The van der Waals surface area contributed by atoms with Crippen LogP contribution in [0.1, 0.15) is 13.3 Å².